The van der Waals surface area contributed by atoms with Gasteiger partial charge in [-0.2, -0.15) is 0 Å². The maximum atomic E-state index is 12.9. The molecule has 0 aromatic heterocycles. The Hall–Kier alpha value is -0.410. The number of aliphatic hydroxyl groups is 1. The molecule has 3 heteroatoms. The molecule has 0 bridgehead atoms. The number of rotatable bonds is 3. The largest absolute Gasteiger partial charge is 0.393 e. The summed E-state index contributed by atoms with van der Waals surface area (Å²) in [4.78, 5) is 0. The third-order valence-corrected chi connectivity index (χ3v) is 3.44. The van der Waals surface area contributed by atoms with E-state index in [2.05, 4.69) is 15.9 Å². The van der Waals surface area contributed by atoms with E-state index < -0.39 is 0 Å². The number of benzene rings is 1. The van der Waals surface area contributed by atoms with Crippen LogP contribution in [-0.4, -0.2) is 11.2 Å². The molecule has 16 heavy (non-hydrogen) atoms. The highest BCUT2D eigenvalue weighted by Gasteiger charge is 2.21. The van der Waals surface area contributed by atoms with Gasteiger partial charge in [0.1, 0.15) is 5.82 Å². The molecule has 0 saturated carbocycles. The Bertz CT molecular complexity index is 357. The fourth-order valence-corrected chi connectivity index (χ4v) is 2.00. The third kappa shape index (κ3) is 3.87. The summed E-state index contributed by atoms with van der Waals surface area (Å²) in [5, 5.41) is 9.90. The molecule has 0 aliphatic rings. The summed E-state index contributed by atoms with van der Waals surface area (Å²) in [6.07, 6.45) is 1.09. The number of hydrogen-bond acceptors (Lipinski definition) is 1. The third-order valence-electron chi connectivity index (χ3n) is 2.70. The molecule has 0 amide bonds. The van der Waals surface area contributed by atoms with Crippen molar-refractivity contribution in [2.24, 2.45) is 5.41 Å². The minimum absolute atomic E-state index is 0.105. The molecule has 0 saturated heterocycles. The van der Waals surface area contributed by atoms with Gasteiger partial charge in [-0.15, -0.1) is 0 Å². The Balaban J connectivity index is 2.62. The zero-order valence-electron chi connectivity index (χ0n) is 9.93. The van der Waals surface area contributed by atoms with E-state index in [-0.39, 0.29) is 17.3 Å². The quantitative estimate of drug-likeness (QED) is 0.894. The normalized spacial score (nSPS) is 13.9. The molecule has 0 fully saturated rings. The molecular weight excluding hydrogens is 271 g/mol. The SMILES string of the molecule is CC(C)(C)C(O)CCc1ccc(F)cc1Br. The van der Waals surface area contributed by atoms with Crippen LogP contribution in [0.15, 0.2) is 22.7 Å². The lowest BCUT2D eigenvalue weighted by Gasteiger charge is -2.25. The molecular formula is C13H18BrFO. The van der Waals surface area contributed by atoms with Gasteiger partial charge >= 0.3 is 0 Å². The van der Waals surface area contributed by atoms with E-state index in [1.165, 1.54) is 12.1 Å². The molecule has 0 aliphatic carbocycles. The Labute approximate surface area is 105 Å². The van der Waals surface area contributed by atoms with Crippen LogP contribution in [0, 0.1) is 11.2 Å². The first-order valence-corrected chi connectivity index (χ1v) is 6.22. The van der Waals surface area contributed by atoms with Crippen molar-refractivity contribution in [3.8, 4) is 0 Å². The molecule has 0 radical (unpaired) electrons. The maximum Gasteiger partial charge on any atom is 0.124 e. The summed E-state index contributed by atoms with van der Waals surface area (Å²) in [5.41, 5.74) is 0.927. The van der Waals surface area contributed by atoms with Gasteiger partial charge in [0.15, 0.2) is 0 Å². The van der Waals surface area contributed by atoms with Gasteiger partial charge in [-0.05, 0) is 36.0 Å². The first kappa shape index (κ1) is 13.7. The van der Waals surface area contributed by atoms with Crippen molar-refractivity contribution in [3.05, 3.63) is 34.1 Å². The van der Waals surface area contributed by atoms with Crippen molar-refractivity contribution >= 4 is 15.9 Å². The number of halogens is 2. The summed E-state index contributed by atoms with van der Waals surface area (Å²) >= 11 is 3.33. The van der Waals surface area contributed by atoms with Crippen molar-refractivity contribution in [3.63, 3.8) is 0 Å². The van der Waals surface area contributed by atoms with E-state index in [9.17, 15) is 9.50 Å². The number of aliphatic hydroxyl groups excluding tert-OH is 1. The van der Waals surface area contributed by atoms with E-state index in [0.717, 1.165) is 16.5 Å². The van der Waals surface area contributed by atoms with Gasteiger partial charge in [0.2, 0.25) is 0 Å². The van der Waals surface area contributed by atoms with Crippen molar-refractivity contribution < 1.29 is 9.50 Å². The van der Waals surface area contributed by atoms with E-state index in [0.29, 0.717) is 6.42 Å². The topological polar surface area (TPSA) is 20.2 Å². The van der Waals surface area contributed by atoms with Crippen molar-refractivity contribution in [2.75, 3.05) is 0 Å². The minimum Gasteiger partial charge on any atom is -0.393 e. The second-order valence-electron chi connectivity index (χ2n) is 5.16. The fourth-order valence-electron chi connectivity index (χ4n) is 1.45. The lowest BCUT2D eigenvalue weighted by molar-refractivity contribution is 0.0559. The lowest BCUT2D eigenvalue weighted by atomic mass is 9.86. The van der Waals surface area contributed by atoms with Crippen LogP contribution in [-0.2, 0) is 6.42 Å². The first-order chi connectivity index (χ1) is 7.30. The highest BCUT2D eigenvalue weighted by molar-refractivity contribution is 9.10. The van der Waals surface area contributed by atoms with Gasteiger partial charge in [-0.1, -0.05) is 42.8 Å². The van der Waals surface area contributed by atoms with Crippen LogP contribution >= 0.6 is 15.9 Å². The van der Waals surface area contributed by atoms with Crippen LogP contribution in [0.4, 0.5) is 4.39 Å². The Morgan fingerprint density at radius 2 is 2.00 bits per heavy atom. The summed E-state index contributed by atoms with van der Waals surface area (Å²) in [6.45, 7) is 6.03. The van der Waals surface area contributed by atoms with E-state index in [1.807, 2.05) is 20.8 Å². The molecule has 0 spiro atoms. The average Bonchev–Trinajstić information content (AvgIpc) is 2.14. The monoisotopic (exact) mass is 288 g/mol. The molecule has 90 valence electrons. The standard InChI is InChI=1S/C13H18BrFO/c1-13(2,3)12(16)7-5-9-4-6-10(15)8-11(9)14/h4,6,8,12,16H,5,7H2,1-3H3. The Kier molecular flexibility index (Phi) is 4.51. The van der Waals surface area contributed by atoms with Crippen LogP contribution in [0.3, 0.4) is 0 Å². The zero-order chi connectivity index (χ0) is 12.3. The molecule has 0 heterocycles. The number of aryl methyl sites for hydroxylation is 1. The van der Waals surface area contributed by atoms with E-state index in [4.69, 9.17) is 0 Å². The number of hydrogen-bond donors (Lipinski definition) is 1. The van der Waals surface area contributed by atoms with Crippen LogP contribution in [0.25, 0.3) is 0 Å². The molecule has 1 aromatic carbocycles. The second-order valence-corrected chi connectivity index (χ2v) is 6.01. The first-order valence-electron chi connectivity index (χ1n) is 5.42. The van der Waals surface area contributed by atoms with E-state index >= 15 is 0 Å². The summed E-state index contributed by atoms with van der Waals surface area (Å²) in [5.74, 6) is -0.244. The van der Waals surface area contributed by atoms with Gasteiger partial charge in [0.05, 0.1) is 6.10 Å². The molecule has 1 aromatic rings. The predicted octanol–water partition coefficient (Wildman–Crippen LogP) is 3.93. The molecule has 1 atom stereocenters. The molecule has 0 aliphatic heterocycles. The van der Waals surface area contributed by atoms with Crippen molar-refractivity contribution in [2.45, 2.75) is 39.7 Å². The zero-order valence-corrected chi connectivity index (χ0v) is 11.5. The summed E-state index contributed by atoms with van der Waals surface area (Å²) in [7, 11) is 0. The lowest BCUT2D eigenvalue weighted by Crippen LogP contribution is -2.26. The van der Waals surface area contributed by atoms with Gasteiger partial charge in [0, 0.05) is 4.47 Å². The van der Waals surface area contributed by atoms with Crippen LogP contribution in [0.2, 0.25) is 0 Å². The molecule has 1 N–H and O–H groups in total. The highest BCUT2D eigenvalue weighted by Crippen LogP contribution is 2.25. The van der Waals surface area contributed by atoms with Gasteiger partial charge in [-0.3, -0.25) is 0 Å². The average molecular weight is 289 g/mol. The highest BCUT2D eigenvalue weighted by atomic mass is 79.9. The van der Waals surface area contributed by atoms with Crippen LogP contribution in [0.5, 0.6) is 0 Å². The van der Waals surface area contributed by atoms with Crippen molar-refractivity contribution in [1.82, 2.24) is 0 Å². The van der Waals surface area contributed by atoms with E-state index in [1.54, 1.807) is 6.07 Å². The van der Waals surface area contributed by atoms with Gasteiger partial charge in [0.25, 0.3) is 0 Å². The predicted molar refractivity (Wildman–Crippen MR) is 67.9 cm³/mol. The Morgan fingerprint density at radius 3 is 2.50 bits per heavy atom. The molecule has 1 unspecified atom stereocenters. The van der Waals surface area contributed by atoms with Gasteiger partial charge < -0.3 is 5.11 Å². The van der Waals surface area contributed by atoms with Crippen molar-refractivity contribution in [1.29, 1.82) is 0 Å². The smallest absolute Gasteiger partial charge is 0.124 e. The molecule has 1 rings (SSSR count). The summed E-state index contributed by atoms with van der Waals surface area (Å²) < 4.78 is 13.6. The summed E-state index contributed by atoms with van der Waals surface area (Å²) in [6, 6.07) is 4.66. The maximum absolute atomic E-state index is 12.9. The van der Waals surface area contributed by atoms with Gasteiger partial charge in [-0.25, -0.2) is 4.39 Å². The second kappa shape index (κ2) is 5.28. The van der Waals surface area contributed by atoms with Crippen LogP contribution in [0.1, 0.15) is 32.8 Å². The molecule has 1 nitrogen and oxygen atoms in total. The Morgan fingerprint density at radius 1 is 1.38 bits per heavy atom. The minimum atomic E-state index is -0.343. The fraction of sp³-hybridized carbons (Fsp3) is 0.538. The van der Waals surface area contributed by atoms with Crippen LogP contribution < -0.4 is 0 Å².